The second kappa shape index (κ2) is 7.86. The van der Waals surface area contributed by atoms with Crippen LogP contribution in [0, 0.1) is 0 Å². The predicted octanol–water partition coefficient (Wildman–Crippen LogP) is 3.76. The molecule has 0 fully saturated rings. The molecule has 4 nitrogen and oxygen atoms in total. The first-order chi connectivity index (χ1) is 9.34. The van der Waals surface area contributed by atoms with Crippen LogP contribution in [0.2, 0.25) is 5.02 Å². The van der Waals surface area contributed by atoms with E-state index in [-0.39, 0.29) is 10.9 Å². The quantitative estimate of drug-likeness (QED) is 0.717. The SMILES string of the molecule is CCCCCCC(C)Nc1cc(S(N)(=O)=O)ccc1Cl. The topological polar surface area (TPSA) is 72.2 Å². The first-order valence-electron chi connectivity index (χ1n) is 6.93. The maximum absolute atomic E-state index is 11.3. The maximum atomic E-state index is 11.3. The highest BCUT2D eigenvalue weighted by Gasteiger charge is 2.12. The van der Waals surface area contributed by atoms with Crippen LogP contribution in [-0.2, 0) is 10.0 Å². The van der Waals surface area contributed by atoms with Gasteiger partial charge in [0.25, 0.3) is 0 Å². The molecule has 1 aromatic carbocycles. The number of hydrogen-bond donors (Lipinski definition) is 2. The number of anilines is 1. The van der Waals surface area contributed by atoms with E-state index in [1.54, 1.807) is 6.07 Å². The summed E-state index contributed by atoms with van der Waals surface area (Å²) >= 11 is 6.08. The fraction of sp³-hybridized carbons (Fsp3) is 0.571. The number of primary sulfonamides is 1. The van der Waals surface area contributed by atoms with Crippen molar-refractivity contribution in [2.75, 3.05) is 5.32 Å². The van der Waals surface area contributed by atoms with Crippen molar-refractivity contribution in [2.45, 2.75) is 56.9 Å². The molecule has 0 heterocycles. The molecule has 0 saturated heterocycles. The van der Waals surface area contributed by atoms with Gasteiger partial charge >= 0.3 is 0 Å². The van der Waals surface area contributed by atoms with Gasteiger partial charge in [0.2, 0.25) is 10.0 Å². The van der Waals surface area contributed by atoms with E-state index in [9.17, 15) is 8.42 Å². The van der Waals surface area contributed by atoms with E-state index in [4.69, 9.17) is 16.7 Å². The minimum atomic E-state index is -3.70. The molecule has 6 heteroatoms. The summed E-state index contributed by atoms with van der Waals surface area (Å²) in [7, 11) is -3.70. The normalized spacial score (nSPS) is 13.2. The van der Waals surface area contributed by atoms with Gasteiger partial charge in [-0.15, -0.1) is 0 Å². The lowest BCUT2D eigenvalue weighted by Crippen LogP contribution is -2.17. The van der Waals surface area contributed by atoms with Gasteiger partial charge in [0, 0.05) is 6.04 Å². The molecular weight excluding hydrogens is 296 g/mol. The number of rotatable bonds is 8. The lowest BCUT2D eigenvalue weighted by atomic mass is 10.1. The molecule has 1 atom stereocenters. The molecule has 3 N–H and O–H groups in total. The zero-order valence-electron chi connectivity index (χ0n) is 12.0. The molecule has 0 bridgehead atoms. The van der Waals surface area contributed by atoms with E-state index in [1.807, 2.05) is 0 Å². The summed E-state index contributed by atoms with van der Waals surface area (Å²) in [5, 5.41) is 8.87. The highest BCUT2D eigenvalue weighted by Crippen LogP contribution is 2.26. The molecule has 1 rings (SSSR count). The Labute approximate surface area is 126 Å². The van der Waals surface area contributed by atoms with Gasteiger partial charge in [-0.05, 0) is 31.5 Å². The van der Waals surface area contributed by atoms with Gasteiger partial charge in [-0.2, -0.15) is 0 Å². The van der Waals surface area contributed by atoms with Crippen LogP contribution in [0.4, 0.5) is 5.69 Å². The monoisotopic (exact) mass is 318 g/mol. The van der Waals surface area contributed by atoms with Crippen LogP contribution in [0.1, 0.15) is 46.0 Å². The summed E-state index contributed by atoms with van der Waals surface area (Å²) in [5.41, 5.74) is 0.612. The Morgan fingerprint density at radius 1 is 1.30 bits per heavy atom. The Kier molecular flexibility index (Phi) is 6.79. The van der Waals surface area contributed by atoms with Crippen LogP contribution in [-0.4, -0.2) is 14.5 Å². The fourth-order valence-corrected chi connectivity index (χ4v) is 2.72. The largest absolute Gasteiger partial charge is 0.381 e. The molecular formula is C14H23ClN2O2S. The molecule has 114 valence electrons. The number of sulfonamides is 1. The lowest BCUT2D eigenvalue weighted by Gasteiger charge is -2.17. The molecule has 1 aromatic rings. The number of benzene rings is 1. The second-order valence-electron chi connectivity index (χ2n) is 5.08. The minimum Gasteiger partial charge on any atom is -0.381 e. The van der Waals surface area contributed by atoms with Crippen molar-refractivity contribution in [2.24, 2.45) is 5.14 Å². The van der Waals surface area contributed by atoms with E-state index in [0.717, 1.165) is 12.8 Å². The number of hydrogen-bond acceptors (Lipinski definition) is 3. The van der Waals surface area contributed by atoms with Crippen molar-refractivity contribution in [3.63, 3.8) is 0 Å². The molecule has 0 aliphatic carbocycles. The van der Waals surface area contributed by atoms with Crippen molar-refractivity contribution in [3.8, 4) is 0 Å². The Hall–Kier alpha value is -0.780. The van der Waals surface area contributed by atoms with Crippen LogP contribution >= 0.6 is 11.6 Å². The number of unbranched alkanes of at least 4 members (excludes halogenated alkanes) is 3. The van der Waals surface area contributed by atoms with E-state index in [0.29, 0.717) is 10.7 Å². The van der Waals surface area contributed by atoms with Crippen molar-refractivity contribution < 1.29 is 8.42 Å². The van der Waals surface area contributed by atoms with E-state index in [2.05, 4.69) is 19.2 Å². The third kappa shape index (κ3) is 5.69. The number of halogens is 1. The van der Waals surface area contributed by atoms with Crippen LogP contribution < -0.4 is 10.5 Å². The highest BCUT2D eigenvalue weighted by atomic mass is 35.5. The zero-order chi connectivity index (χ0) is 15.2. The molecule has 0 radical (unpaired) electrons. The fourth-order valence-electron chi connectivity index (χ4n) is 2.01. The first-order valence-corrected chi connectivity index (χ1v) is 8.86. The van der Waals surface area contributed by atoms with E-state index >= 15 is 0 Å². The molecule has 0 spiro atoms. The molecule has 1 unspecified atom stereocenters. The zero-order valence-corrected chi connectivity index (χ0v) is 13.6. The second-order valence-corrected chi connectivity index (χ2v) is 7.05. The van der Waals surface area contributed by atoms with Gasteiger partial charge in [0.1, 0.15) is 0 Å². The van der Waals surface area contributed by atoms with Gasteiger partial charge < -0.3 is 5.32 Å². The van der Waals surface area contributed by atoms with Gasteiger partial charge in [-0.25, -0.2) is 13.6 Å². The van der Waals surface area contributed by atoms with Crippen molar-refractivity contribution in [3.05, 3.63) is 23.2 Å². The third-order valence-electron chi connectivity index (χ3n) is 3.16. The summed E-state index contributed by atoms with van der Waals surface area (Å²) < 4.78 is 22.7. The Morgan fingerprint density at radius 3 is 2.60 bits per heavy atom. The highest BCUT2D eigenvalue weighted by molar-refractivity contribution is 7.89. The van der Waals surface area contributed by atoms with Crippen molar-refractivity contribution in [1.29, 1.82) is 0 Å². The smallest absolute Gasteiger partial charge is 0.238 e. The molecule has 20 heavy (non-hydrogen) atoms. The Bertz CT molecular complexity index is 532. The summed E-state index contributed by atoms with van der Waals surface area (Å²) in [5.74, 6) is 0. The predicted molar refractivity (Wildman–Crippen MR) is 84.7 cm³/mol. The summed E-state index contributed by atoms with van der Waals surface area (Å²) in [6.45, 7) is 4.24. The van der Waals surface area contributed by atoms with Crippen LogP contribution in [0.5, 0.6) is 0 Å². The van der Waals surface area contributed by atoms with Crippen molar-refractivity contribution in [1.82, 2.24) is 0 Å². The first kappa shape index (κ1) is 17.3. The maximum Gasteiger partial charge on any atom is 0.238 e. The standard InChI is InChI=1S/C14H23ClN2O2S/c1-3-4-5-6-7-11(2)17-14-10-12(20(16,18)19)8-9-13(14)15/h8-11,17H,3-7H2,1-2H3,(H2,16,18,19). The third-order valence-corrected chi connectivity index (χ3v) is 4.40. The van der Waals surface area contributed by atoms with Crippen LogP contribution in [0.15, 0.2) is 23.1 Å². The number of nitrogens with two attached hydrogens (primary N) is 1. The minimum absolute atomic E-state index is 0.0718. The van der Waals surface area contributed by atoms with Gasteiger partial charge in [0.15, 0.2) is 0 Å². The Balaban J connectivity index is 2.67. The van der Waals surface area contributed by atoms with E-state index in [1.165, 1.54) is 31.4 Å². The average Bonchev–Trinajstić information content (AvgIpc) is 2.36. The van der Waals surface area contributed by atoms with Gasteiger partial charge in [0.05, 0.1) is 15.6 Å². The molecule has 0 aliphatic rings. The van der Waals surface area contributed by atoms with Crippen LogP contribution in [0.3, 0.4) is 0 Å². The Morgan fingerprint density at radius 2 is 2.00 bits per heavy atom. The van der Waals surface area contributed by atoms with Gasteiger partial charge in [-0.1, -0.05) is 44.2 Å². The molecule has 0 aliphatic heterocycles. The van der Waals surface area contributed by atoms with E-state index < -0.39 is 10.0 Å². The van der Waals surface area contributed by atoms with Crippen LogP contribution in [0.25, 0.3) is 0 Å². The molecule has 0 aromatic heterocycles. The summed E-state index contributed by atoms with van der Waals surface area (Å²) in [4.78, 5) is 0.0718. The summed E-state index contributed by atoms with van der Waals surface area (Å²) in [6, 6.07) is 4.68. The van der Waals surface area contributed by atoms with Crippen molar-refractivity contribution >= 4 is 27.3 Å². The molecule has 0 amide bonds. The average molecular weight is 319 g/mol. The lowest BCUT2D eigenvalue weighted by molar-refractivity contribution is 0.593. The molecule has 0 saturated carbocycles. The number of nitrogens with one attached hydrogen (secondary N) is 1. The summed E-state index contributed by atoms with van der Waals surface area (Å²) in [6.07, 6.45) is 5.84. The van der Waals surface area contributed by atoms with Gasteiger partial charge in [-0.3, -0.25) is 0 Å².